The summed E-state index contributed by atoms with van der Waals surface area (Å²) in [5, 5.41) is 8.00. The number of carbonyl (C=O) groups excluding carboxylic acids is 2. The minimum Gasteiger partial charge on any atom is -0.461 e. The number of carbonyl (C=O) groups is 2. The van der Waals surface area contributed by atoms with Crippen molar-refractivity contribution in [3.05, 3.63) is 70.9 Å². The number of hydrogen-bond donors (Lipinski definition) is 1. The topological polar surface area (TPSA) is 73.2 Å². The Morgan fingerprint density at radius 3 is 2.39 bits per heavy atom. The third kappa shape index (κ3) is 5.73. The van der Waals surface area contributed by atoms with Crippen molar-refractivity contribution in [2.24, 2.45) is 5.92 Å². The fourth-order valence-corrected chi connectivity index (χ4v) is 3.17. The number of hydrogen-bond acceptors (Lipinski definition) is 4. The summed E-state index contributed by atoms with van der Waals surface area (Å²) < 4.78 is 6.77. The summed E-state index contributed by atoms with van der Waals surface area (Å²) in [5.41, 5.74) is 3.07. The van der Waals surface area contributed by atoms with Gasteiger partial charge < -0.3 is 10.1 Å². The van der Waals surface area contributed by atoms with Crippen molar-refractivity contribution in [3.8, 4) is 16.9 Å². The number of halogens is 1. The molecule has 162 valence electrons. The zero-order valence-corrected chi connectivity index (χ0v) is 18.6. The van der Waals surface area contributed by atoms with E-state index in [2.05, 4.69) is 24.3 Å². The molecule has 1 heterocycles. The largest absolute Gasteiger partial charge is 0.461 e. The predicted molar refractivity (Wildman–Crippen MR) is 122 cm³/mol. The molecule has 0 bridgehead atoms. The first kappa shape index (κ1) is 22.6. The van der Waals surface area contributed by atoms with Crippen molar-refractivity contribution < 1.29 is 14.3 Å². The van der Waals surface area contributed by atoms with E-state index in [9.17, 15) is 9.59 Å². The number of esters is 1. The molecule has 0 spiro atoms. The Balaban J connectivity index is 1.90. The zero-order chi connectivity index (χ0) is 22.4. The van der Waals surface area contributed by atoms with Crippen LogP contribution in [-0.2, 0) is 4.74 Å². The molecule has 0 fully saturated rings. The van der Waals surface area contributed by atoms with Crippen LogP contribution in [0.4, 0.5) is 0 Å². The highest BCUT2D eigenvalue weighted by Crippen LogP contribution is 2.26. The van der Waals surface area contributed by atoms with Gasteiger partial charge in [0, 0.05) is 22.7 Å². The molecule has 0 saturated heterocycles. The number of benzene rings is 2. The van der Waals surface area contributed by atoms with E-state index >= 15 is 0 Å². The second-order valence-corrected chi connectivity index (χ2v) is 7.98. The van der Waals surface area contributed by atoms with Gasteiger partial charge in [-0.1, -0.05) is 37.6 Å². The van der Waals surface area contributed by atoms with E-state index in [0.29, 0.717) is 28.7 Å². The SMILES string of the molecule is CCOC(=O)c1cc(-c2ccc(Cl)cc2)n(-c2ccc(C(=O)NCCC(C)C)cc2)n1. The highest BCUT2D eigenvalue weighted by Gasteiger charge is 2.18. The highest BCUT2D eigenvalue weighted by atomic mass is 35.5. The lowest BCUT2D eigenvalue weighted by atomic mass is 10.1. The molecular weight excluding hydrogens is 414 g/mol. The van der Waals surface area contributed by atoms with E-state index in [1.54, 1.807) is 54.1 Å². The molecule has 31 heavy (non-hydrogen) atoms. The normalized spacial score (nSPS) is 10.9. The molecule has 0 unspecified atom stereocenters. The van der Waals surface area contributed by atoms with Gasteiger partial charge in [-0.15, -0.1) is 0 Å². The van der Waals surface area contributed by atoms with Gasteiger partial charge >= 0.3 is 5.97 Å². The first-order valence-electron chi connectivity index (χ1n) is 10.3. The van der Waals surface area contributed by atoms with E-state index in [-0.39, 0.29) is 18.2 Å². The molecule has 0 saturated carbocycles. The van der Waals surface area contributed by atoms with Crippen molar-refractivity contribution in [1.82, 2.24) is 15.1 Å². The Labute approximate surface area is 187 Å². The average molecular weight is 440 g/mol. The van der Waals surface area contributed by atoms with E-state index in [1.807, 2.05) is 12.1 Å². The van der Waals surface area contributed by atoms with Crippen molar-refractivity contribution >= 4 is 23.5 Å². The summed E-state index contributed by atoms with van der Waals surface area (Å²) in [6.45, 7) is 6.89. The quantitative estimate of drug-likeness (QED) is 0.493. The van der Waals surface area contributed by atoms with Gasteiger partial charge in [-0.05, 0) is 61.7 Å². The van der Waals surface area contributed by atoms with Gasteiger partial charge in [0.1, 0.15) is 0 Å². The number of ether oxygens (including phenoxy) is 1. The molecule has 0 aliphatic rings. The molecule has 3 aromatic rings. The molecule has 7 heteroatoms. The lowest BCUT2D eigenvalue weighted by Gasteiger charge is -2.10. The summed E-state index contributed by atoms with van der Waals surface area (Å²) in [7, 11) is 0. The van der Waals surface area contributed by atoms with E-state index in [4.69, 9.17) is 16.3 Å². The molecule has 0 aliphatic carbocycles. The minimum atomic E-state index is -0.488. The lowest BCUT2D eigenvalue weighted by molar-refractivity contribution is 0.0518. The maximum atomic E-state index is 12.4. The van der Waals surface area contributed by atoms with Crippen LogP contribution in [-0.4, -0.2) is 34.8 Å². The summed E-state index contributed by atoms with van der Waals surface area (Å²) >= 11 is 6.02. The first-order valence-corrected chi connectivity index (χ1v) is 10.7. The summed E-state index contributed by atoms with van der Waals surface area (Å²) in [4.78, 5) is 24.6. The zero-order valence-electron chi connectivity index (χ0n) is 17.9. The smallest absolute Gasteiger partial charge is 0.358 e. The third-order valence-corrected chi connectivity index (χ3v) is 4.97. The molecule has 1 aromatic heterocycles. The van der Waals surface area contributed by atoms with E-state index < -0.39 is 5.97 Å². The monoisotopic (exact) mass is 439 g/mol. The maximum absolute atomic E-state index is 12.4. The highest BCUT2D eigenvalue weighted by molar-refractivity contribution is 6.30. The Morgan fingerprint density at radius 2 is 1.77 bits per heavy atom. The van der Waals surface area contributed by atoms with Gasteiger partial charge in [0.2, 0.25) is 0 Å². The van der Waals surface area contributed by atoms with Crippen LogP contribution in [0.25, 0.3) is 16.9 Å². The van der Waals surface area contributed by atoms with E-state index in [1.165, 1.54) is 0 Å². The molecule has 1 amide bonds. The van der Waals surface area contributed by atoms with Gasteiger partial charge in [0.25, 0.3) is 5.91 Å². The van der Waals surface area contributed by atoms with Crippen LogP contribution < -0.4 is 5.32 Å². The average Bonchev–Trinajstić information content (AvgIpc) is 3.20. The van der Waals surface area contributed by atoms with Gasteiger partial charge in [-0.2, -0.15) is 5.10 Å². The standard InChI is InChI=1S/C24H26ClN3O3/c1-4-31-24(30)21-15-22(17-5-9-19(25)10-6-17)28(27-21)20-11-7-18(8-12-20)23(29)26-14-13-16(2)3/h5-12,15-16H,4,13-14H2,1-3H3,(H,26,29). The van der Waals surface area contributed by atoms with Crippen LogP contribution in [0.5, 0.6) is 0 Å². The molecular formula is C24H26ClN3O3. The second kappa shape index (κ2) is 10.3. The first-order chi connectivity index (χ1) is 14.9. The van der Waals surface area contributed by atoms with Crippen LogP contribution in [0.15, 0.2) is 54.6 Å². The van der Waals surface area contributed by atoms with Crippen LogP contribution in [0.2, 0.25) is 5.02 Å². The minimum absolute atomic E-state index is 0.113. The Kier molecular flexibility index (Phi) is 7.47. The van der Waals surface area contributed by atoms with Crippen molar-refractivity contribution in [2.75, 3.05) is 13.2 Å². The number of nitrogens with zero attached hydrogens (tertiary/aromatic N) is 2. The van der Waals surface area contributed by atoms with Crippen LogP contribution >= 0.6 is 11.6 Å². The summed E-state index contributed by atoms with van der Waals surface area (Å²) in [6.07, 6.45) is 0.929. The van der Waals surface area contributed by atoms with Crippen LogP contribution in [0.1, 0.15) is 48.0 Å². The molecule has 6 nitrogen and oxygen atoms in total. The van der Waals surface area contributed by atoms with Crippen molar-refractivity contribution in [3.63, 3.8) is 0 Å². The fraction of sp³-hybridized carbons (Fsp3) is 0.292. The second-order valence-electron chi connectivity index (χ2n) is 7.54. The molecule has 0 aliphatic heterocycles. The van der Waals surface area contributed by atoms with Gasteiger partial charge in [-0.25, -0.2) is 9.48 Å². The lowest BCUT2D eigenvalue weighted by Crippen LogP contribution is -2.25. The fourth-order valence-electron chi connectivity index (χ4n) is 3.04. The summed E-state index contributed by atoms with van der Waals surface area (Å²) in [5.74, 6) is -0.0715. The Morgan fingerprint density at radius 1 is 1.10 bits per heavy atom. The third-order valence-electron chi connectivity index (χ3n) is 4.72. The van der Waals surface area contributed by atoms with Gasteiger partial charge in [-0.3, -0.25) is 4.79 Å². The predicted octanol–water partition coefficient (Wildman–Crippen LogP) is 5.15. The van der Waals surface area contributed by atoms with Gasteiger partial charge in [0.05, 0.1) is 18.0 Å². The molecule has 3 rings (SSSR count). The maximum Gasteiger partial charge on any atom is 0.358 e. The number of amides is 1. The number of aromatic nitrogens is 2. The van der Waals surface area contributed by atoms with Crippen LogP contribution in [0.3, 0.4) is 0 Å². The van der Waals surface area contributed by atoms with Crippen molar-refractivity contribution in [2.45, 2.75) is 27.2 Å². The summed E-state index contributed by atoms with van der Waals surface area (Å²) in [6, 6.07) is 16.1. The van der Waals surface area contributed by atoms with E-state index in [0.717, 1.165) is 17.7 Å². The molecule has 1 N–H and O–H groups in total. The van der Waals surface area contributed by atoms with Crippen molar-refractivity contribution in [1.29, 1.82) is 0 Å². The molecule has 0 atom stereocenters. The Bertz CT molecular complexity index is 1040. The Hall–Kier alpha value is -3.12. The molecule has 2 aromatic carbocycles. The van der Waals surface area contributed by atoms with Gasteiger partial charge in [0.15, 0.2) is 5.69 Å². The van der Waals surface area contributed by atoms with Crippen LogP contribution in [0, 0.1) is 5.92 Å². The number of nitrogens with one attached hydrogen (secondary N) is 1. The number of rotatable bonds is 8. The molecule has 0 radical (unpaired) electrons.